The van der Waals surface area contributed by atoms with E-state index in [0.717, 1.165) is 23.3 Å². The normalized spacial score (nSPS) is 9.81. The Hall–Kier alpha value is -2.90. The second-order valence-corrected chi connectivity index (χ2v) is 6.66. The van der Waals surface area contributed by atoms with Gasteiger partial charge < -0.3 is 15.5 Å². The van der Waals surface area contributed by atoms with Crippen LogP contribution in [0.3, 0.4) is 0 Å². The summed E-state index contributed by atoms with van der Waals surface area (Å²) in [6, 6.07) is 10.9. The van der Waals surface area contributed by atoms with Crippen molar-refractivity contribution in [3.63, 3.8) is 0 Å². The largest absolute Gasteiger partial charge is 0.502 e. The molecule has 1 amide bonds. The van der Waals surface area contributed by atoms with E-state index in [1.807, 2.05) is 31.2 Å². The summed E-state index contributed by atoms with van der Waals surface area (Å²) in [5, 5.41) is 30.6. The number of nitro groups is 1. The van der Waals surface area contributed by atoms with Crippen molar-refractivity contribution < 1.29 is 24.7 Å². The maximum Gasteiger partial charge on any atom is 0.311 e. The SMILES string of the molecule is Cc1ccc(CC(=O)O)cc1.O=C(NCP=S)c1ccc(O)c([N+](=O)[O-])c1. The molecule has 0 bridgehead atoms. The third kappa shape index (κ3) is 7.89. The van der Waals surface area contributed by atoms with Crippen LogP contribution in [-0.4, -0.2) is 33.3 Å². The number of carboxylic acids is 1. The first-order valence-corrected chi connectivity index (χ1v) is 9.66. The molecular formula is C17H17N2O6PS. The number of phenolic OH excluding ortho intramolecular Hbond substituents is 1. The highest BCUT2D eigenvalue weighted by molar-refractivity contribution is 7.96. The maximum atomic E-state index is 11.4. The lowest BCUT2D eigenvalue weighted by Crippen LogP contribution is -2.21. The van der Waals surface area contributed by atoms with E-state index in [1.165, 1.54) is 6.07 Å². The van der Waals surface area contributed by atoms with Gasteiger partial charge in [0.05, 0.1) is 17.6 Å². The molecule has 2 aromatic carbocycles. The first kappa shape index (κ1) is 22.1. The molecule has 0 saturated carbocycles. The Morgan fingerprint density at radius 3 is 2.37 bits per heavy atom. The fourth-order valence-electron chi connectivity index (χ4n) is 1.90. The van der Waals surface area contributed by atoms with Crippen LogP contribution in [-0.2, 0) is 23.0 Å². The topological polar surface area (TPSA) is 130 Å². The van der Waals surface area contributed by atoms with Crippen molar-refractivity contribution in [2.45, 2.75) is 13.3 Å². The van der Waals surface area contributed by atoms with Gasteiger partial charge in [0, 0.05) is 11.6 Å². The van der Waals surface area contributed by atoms with E-state index in [-0.39, 0.29) is 12.0 Å². The van der Waals surface area contributed by atoms with Crippen LogP contribution < -0.4 is 5.32 Å². The van der Waals surface area contributed by atoms with Crippen molar-refractivity contribution in [1.29, 1.82) is 0 Å². The number of benzene rings is 2. The fraction of sp³-hybridized carbons (Fsp3) is 0.176. The van der Waals surface area contributed by atoms with Crippen molar-refractivity contribution in [1.82, 2.24) is 5.32 Å². The van der Waals surface area contributed by atoms with Gasteiger partial charge in [0.1, 0.15) is 0 Å². The summed E-state index contributed by atoms with van der Waals surface area (Å²) in [4.78, 5) is 31.4. The van der Waals surface area contributed by atoms with E-state index in [4.69, 9.17) is 5.11 Å². The summed E-state index contributed by atoms with van der Waals surface area (Å²) in [7, 11) is 0.580. The second-order valence-electron chi connectivity index (χ2n) is 5.31. The zero-order valence-electron chi connectivity index (χ0n) is 14.3. The van der Waals surface area contributed by atoms with Gasteiger partial charge in [-0.1, -0.05) is 41.6 Å². The van der Waals surface area contributed by atoms with Gasteiger partial charge in [-0.15, -0.1) is 0 Å². The Balaban J connectivity index is 0.000000289. The molecule has 0 atom stereocenters. The van der Waals surface area contributed by atoms with E-state index in [0.29, 0.717) is 13.6 Å². The number of nitrogens with zero attached hydrogens (tertiary/aromatic N) is 1. The number of amides is 1. The molecular weight excluding hydrogens is 391 g/mol. The predicted octanol–water partition coefficient (Wildman–Crippen LogP) is 3.02. The number of hydrogen-bond acceptors (Lipinski definition) is 6. The summed E-state index contributed by atoms with van der Waals surface area (Å²) >= 11 is 4.62. The van der Waals surface area contributed by atoms with Crippen LogP contribution in [0.2, 0.25) is 0 Å². The van der Waals surface area contributed by atoms with E-state index < -0.39 is 28.2 Å². The number of phenols is 1. The van der Waals surface area contributed by atoms with Crippen LogP contribution in [0.5, 0.6) is 5.75 Å². The highest BCUT2D eigenvalue weighted by Gasteiger charge is 2.16. The number of aliphatic carboxylic acids is 1. The molecule has 10 heteroatoms. The van der Waals surface area contributed by atoms with E-state index in [9.17, 15) is 24.8 Å². The second kappa shape index (κ2) is 10.9. The lowest BCUT2D eigenvalue weighted by Gasteiger charge is -2.02. The van der Waals surface area contributed by atoms with Crippen LogP contribution in [0.1, 0.15) is 21.5 Å². The summed E-state index contributed by atoms with van der Waals surface area (Å²) in [5.74, 6) is -1.71. The third-order valence-corrected chi connectivity index (χ3v) is 3.89. The molecule has 0 radical (unpaired) electrons. The molecule has 0 spiro atoms. The van der Waals surface area contributed by atoms with Gasteiger partial charge >= 0.3 is 11.7 Å². The summed E-state index contributed by atoms with van der Waals surface area (Å²) < 4.78 is 0. The molecule has 0 aliphatic rings. The summed E-state index contributed by atoms with van der Waals surface area (Å²) in [6.07, 6.45) is 0.406. The van der Waals surface area contributed by atoms with Gasteiger partial charge in [0.15, 0.2) is 5.75 Å². The average molecular weight is 408 g/mol. The van der Waals surface area contributed by atoms with Crippen LogP contribution in [0.4, 0.5) is 5.69 Å². The molecule has 0 aliphatic heterocycles. The van der Waals surface area contributed by atoms with E-state index in [2.05, 4.69) is 17.1 Å². The minimum atomic E-state index is -0.783. The third-order valence-electron chi connectivity index (χ3n) is 3.21. The van der Waals surface area contributed by atoms with Gasteiger partial charge in [0.25, 0.3) is 5.91 Å². The number of nitrogens with one attached hydrogen (secondary N) is 1. The number of nitro benzene ring substituents is 1. The van der Waals surface area contributed by atoms with Crippen molar-refractivity contribution in [3.8, 4) is 5.75 Å². The molecule has 0 saturated heterocycles. The predicted molar refractivity (Wildman–Crippen MR) is 104 cm³/mol. The number of carbonyl (C=O) groups excluding carboxylic acids is 1. The van der Waals surface area contributed by atoms with Crippen LogP contribution in [0, 0.1) is 17.0 Å². The van der Waals surface area contributed by atoms with Crippen molar-refractivity contribution >= 4 is 36.7 Å². The fourth-order valence-corrected chi connectivity index (χ4v) is 2.30. The number of carbonyl (C=O) groups is 2. The van der Waals surface area contributed by atoms with E-state index >= 15 is 0 Å². The Morgan fingerprint density at radius 2 is 1.85 bits per heavy atom. The molecule has 27 heavy (non-hydrogen) atoms. The lowest BCUT2D eigenvalue weighted by atomic mass is 10.1. The first-order valence-electron chi connectivity index (χ1n) is 7.56. The van der Waals surface area contributed by atoms with Crippen molar-refractivity contribution in [3.05, 3.63) is 69.3 Å². The van der Waals surface area contributed by atoms with Gasteiger partial charge in [-0.25, -0.2) is 0 Å². The Labute approximate surface area is 161 Å². The Bertz CT molecular complexity index is 842. The maximum absolute atomic E-state index is 11.4. The average Bonchev–Trinajstić information content (AvgIpc) is 2.62. The van der Waals surface area contributed by atoms with Gasteiger partial charge in [-0.05, 0) is 32.0 Å². The van der Waals surface area contributed by atoms with E-state index in [1.54, 1.807) is 0 Å². The quantitative estimate of drug-likeness (QED) is 0.380. The minimum absolute atomic E-state index is 0.111. The number of aryl methyl sites for hydroxylation is 1. The number of aromatic hydroxyl groups is 1. The van der Waals surface area contributed by atoms with Crippen molar-refractivity contribution in [2.75, 3.05) is 6.29 Å². The van der Waals surface area contributed by atoms with Crippen LogP contribution >= 0.6 is 7.36 Å². The zero-order valence-corrected chi connectivity index (χ0v) is 16.0. The summed E-state index contributed by atoms with van der Waals surface area (Å²) in [6.45, 7) is 1.98. The Kier molecular flexibility index (Phi) is 8.98. The first-order chi connectivity index (χ1) is 12.7. The molecule has 8 nitrogen and oxygen atoms in total. The van der Waals surface area contributed by atoms with Crippen LogP contribution in [0.25, 0.3) is 0 Å². The van der Waals surface area contributed by atoms with Gasteiger partial charge in [-0.2, -0.15) is 0 Å². The smallest absolute Gasteiger partial charge is 0.311 e. The van der Waals surface area contributed by atoms with Crippen molar-refractivity contribution in [2.24, 2.45) is 0 Å². The number of carboxylic acid groups (broad SMARTS) is 1. The Morgan fingerprint density at radius 1 is 1.22 bits per heavy atom. The molecule has 0 fully saturated rings. The number of rotatable bonds is 6. The molecule has 0 aromatic heterocycles. The lowest BCUT2D eigenvalue weighted by molar-refractivity contribution is -0.385. The number of hydrogen-bond donors (Lipinski definition) is 3. The molecule has 2 rings (SSSR count). The summed E-state index contributed by atoms with van der Waals surface area (Å²) in [5.41, 5.74) is 1.62. The minimum Gasteiger partial charge on any atom is -0.502 e. The molecule has 2 aromatic rings. The van der Waals surface area contributed by atoms with Gasteiger partial charge in [-0.3, -0.25) is 19.7 Å². The molecule has 3 N–H and O–H groups in total. The van der Waals surface area contributed by atoms with Gasteiger partial charge in [0.2, 0.25) is 0 Å². The van der Waals surface area contributed by atoms with Crippen LogP contribution in [0.15, 0.2) is 42.5 Å². The molecule has 142 valence electrons. The highest BCUT2D eigenvalue weighted by atomic mass is 32.4. The molecule has 0 unspecified atom stereocenters. The molecule has 0 aliphatic carbocycles. The molecule has 0 heterocycles. The zero-order chi connectivity index (χ0) is 20.4. The monoisotopic (exact) mass is 408 g/mol. The standard InChI is InChI=1S/C9H10O2.C8H7N2O4PS/c1-7-2-4-8(5-3-7)6-9(10)11;11-7-2-1-5(3-6(7)10(13)14)8(12)9-4-15-16/h2-5H,6H2,1H3,(H,10,11);1-3,11H,4H2,(H,9,12). The highest BCUT2D eigenvalue weighted by Crippen LogP contribution is 2.26.